The number of hydrogen-bond donors (Lipinski definition) is 1. The molecule has 1 saturated heterocycles. The van der Waals surface area contributed by atoms with E-state index < -0.39 is 66.8 Å². The summed E-state index contributed by atoms with van der Waals surface area (Å²) in [6.45, 7) is 0. The molecule has 0 spiro atoms. The predicted octanol–water partition coefficient (Wildman–Crippen LogP) is 5.06. The third-order valence-electron chi connectivity index (χ3n) is 8.85. The van der Waals surface area contributed by atoms with Crippen molar-refractivity contribution in [3.05, 3.63) is 144 Å². The van der Waals surface area contributed by atoms with Crippen LogP contribution in [0.1, 0.15) is 28.2 Å². The second-order valence-corrected chi connectivity index (χ2v) is 10.9. The van der Waals surface area contributed by atoms with Gasteiger partial charge in [0.15, 0.2) is 0 Å². The van der Waals surface area contributed by atoms with E-state index in [9.17, 15) is 39.9 Å². The van der Waals surface area contributed by atoms with Gasteiger partial charge in [-0.3, -0.25) is 45.4 Å². The van der Waals surface area contributed by atoms with Crippen molar-refractivity contribution in [1.82, 2.24) is 0 Å². The van der Waals surface area contributed by atoms with Crippen LogP contribution in [0.2, 0.25) is 0 Å². The van der Waals surface area contributed by atoms with Gasteiger partial charge < -0.3 is 0 Å². The molecule has 4 aromatic rings. The molecule has 2 atom stereocenters. The molecule has 14 heteroatoms. The highest BCUT2D eigenvalue weighted by Gasteiger charge is 2.68. The number of hydrogen-bond acceptors (Lipinski definition) is 10. The lowest BCUT2D eigenvalue weighted by molar-refractivity contribution is -0.393. The minimum absolute atomic E-state index is 0.128. The van der Waals surface area contributed by atoms with Crippen molar-refractivity contribution in [2.45, 2.75) is 11.3 Å². The van der Waals surface area contributed by atoms with E-state index in [0.29, 0.717) is 11.1 Å². The number of nitrogens with one attached hydrogen (secondary N) is 1. The maximum absolute atomic E-state index is 14.5. The lowest BCUT2D eigenvalue weighted by Crippen LogP contribution is -2.54. The molecule has 0 aromatic heterocycles. The fraction of sp³-hybridized carbons (Fsp3) is 0.129. The first-order valence-electron chi connectivity index (χ1n) is 13.7. The Hall–Kier alpha value is -6.31. The SMILES string of the molecule is O=C1[C@H]2C3c4ccccc4C(/C=N\Nc4ccc([N+](=O)[O-])cc4[N+](=O)[O-])(c4ccccc43)[C@H]2C(=O)N1c1ccccc1[N+](=O)[O-]. The number of nitro groups is 3. The van der Waals surface area contributed by atoms with E-state index in [1.54, 1.807) is 12.1 Å². The van der Waals surface area contributed by atoms with Crippen molar-refractivity contribution < 1.29 is 24.4 Å². The van der Waals surface area contributed by atoms with E-state index in [1.807, 2.05) is 36.4 Å². The van der Waals surface area contributed by atoms with Crippen LogP contribution < -0.4 is 10.3 Å². The summed E-state index contributed by atoms with van der Waals surface area (Å²) in [4.78, 5) is 62.3. The quantitative estimate of drug-likeness (QED) is 0.130. The van der Waals surface area contributed by atoms with Gasteiger partial charge >= 0.3 is 5.69 Å². The Bertz CT molecular complexity index is 1980. The first kappa shape index (κ1) is 27.5. The molecule has 4 aliphatic rings. The number of non-ortho nitro benzene ring substituents is 1. The van der Waals surface area contributed by atoms with Crippen LogP contribution in [0.3, 0.4) is 0 Å². The van der Waals surface area contributed by atoms with Gasteiger partial charge in [0.1, 0.15) is 11.4 Å². The summed E-state index contributed by atoms with van der Waals surface area (Å²) in [7, 11) is 0. The summed E-state index contributed by atoms with van der Waals surface area (Å²) in [5, 5.41) is 39.2. The summed E-state index contributed by atoms with van der Waals surface area (Å²) in [6, 6.07) is 23.3. The molecule has 0 unspecified atom stereocenters. The molecule has 3 aliphatic carbocycles. The molecule has 222 valence electrons. The molecule has 0 saturated carbocycles. The monoisotopic (exact) mass is 604 g/mol. The standard InChI is InChI=1S/C31H20N6O8/c38-29-27-26-18-7-1-3-9-20(18)31(21-10-4-2-8-19(21)26,16-32-33-22-14-13-17(35(40)41)15-25(22)37(44)45)28(27)30(39)34(29)23-11-5-6-12-24(23)36(42)43/h1-16,26-28,33H/b32-16-/t26?,27-,28+,31?/m0/s1. The second-order valence-electron chi connectivity index (χ2n) is 10.9. The lowest BCUT2D eigenvalue weighted by atomic mass is 9.47. The van der Waals surface area contributed by atoms with E-state index in [2.05, 4.69) is 10.5 Å². The van der Waals surface area contributed by atoms with Crippen LogP contribution in [0.15, 0.2) is 96.1 Å². The van der Waals surface area contributed by atoms with Crippen molar-refractivity contribution in [2.24, 2.45) is 16.9 Å². The number of carbonyl (C=O) groups excluding carboxylic acids is 2. The molecule has 1 fully saturated rings. The number of carbonyl (C=O) groups is 2. The zero-order valence-electron chi connectivity index (χ0n) is 23.0. The van der Waals surface area contributed by atoms with Gasteiger partial charge in [0.05, 0.1) is 38.1 Å². The first-order valence-corrected chi connectivity index (χ1v) is 13.7. The summed E-state index contributed by atoms with van der Waals surface area (Å²) in [5.41, 5.74) is 2.52. The summed E-state index contributed by atoms with van der Waals surface area (Å²) in [6.07, 6.45) is 1.44. The average molecular weight is 605 g/mol. The van der Waals surface area contributed by atoms with E-state index in [-0.39, 0.29) is 11.4 Å². The second kappa shape index (κ2) is 9.87. The van der Waals surface area contributed by atoms with E-state index in [4.69, 9.17) is 0 Å². The Morgan fingerprint density at radius 1 is 0.733 bits per heavy atom. The van der Waals surface area contributed by atoms with Crippen LogP contribution in [-0.4, -0.2) is 32.8 Å². The Morgan fingerprint density at radius 2 is 1.33 bits per heavy atom. The minimum Gasteiger partial charge on any atom is -0.274 e. The van der Waals surface area contributed by atoms with E-state index >= 15 is 0 Å². The molecule has 4 aromatic carbocycles. The van der Waals surface area contributed by atoms with Crippen LogP contribution in [0.4, 0.5) is 28.4 Å². The molecule has 1 N–H and O–H groups in total. The maximum Gasteiger partial charge on any atom is 0.301 e. The van der Waals surface area contributed by atoms with Gasteiger partial charge in [-0.2, -0.15) is 5.10 Å². The van der Waals surface area contributed by atoms with Gasteiger partial charge in [-0.1, -0.05) is 60.7 Å². The summed E-state index contributed by atoms with van der Waals surface area (Å²) >= 11 is 0. The highest BCUT2D eigenvalue weighted by atomic mass is 16.6. The predicted molar refractivity (Wildman–Crippen MR) is 160 cm³/mol. The van der Waals surface area contributed by atoms with E-state index in [0.717, 1.165) is 34.2 Å². The maximum atomic E-state index is 14.5. The minimum atomic E-state index is -1.36. The van der Waals surface area contributed by atoms with Crippen LogP contribution in [0.25, 0.3) is 0 Å². The topological polar surface area (TPSA) is 191 Å². The fourth-order valence-corrected chi connectivity index (χ4v) is 7.18. The number of amides is 2. The molecule has 1 aliphatic heterocycles. The van der Waals surface area contributed by atoms with Crippen LogP contribution in [0, 0.1) is 42.2 Å². The smallest absolute Gasteiger partial charge is 0.274 e. The average Bonchev–Trinajstić information content (AvgIpc) is 3.31. The fourth-order valence-electron chi connectivity index (χ4n) is 7.18. The highest BCUT2D eigenvalue weighted by molar-refractivity contribution is 6.25. The largest absolute Gasteiger partial charge is 0.301 e. The summed E-state index contributed by atoms with van der Waals surface area (Å²) in [5.74, 6) is -3.73. The molecule has 8 rings (SSSR count). The van der Waals surface area contributed by atoms with Gasteiger partial charge in [0, 0.05) is 24.3 Å². The highest BCUT2D eigenvalue weighted by Crippen LogP contribution is 2.64. The van der Waals surface area contributed by atoms with Crippen molar-refractivity contribution in [2.75, 3.05) is 10.3 Å². The van der Waals surface area contributed by atoms with Gasteiger partial charge in [-0.05, 0) is 34.4 Å². The number of nitrogens with zero attached hydrogens (tertiary/aromatic N) is 5. The Kier molecular flexibility index (Phi) is 6.04. The Balaban J connectivity index is 1.42. The zero-order valence-corrected chi connectivity index (χ0v) is 23.0. The number of rotatable bonds is 7. The summed E-state index contributed by atoms with van der Waals surface area (Å²) < 4.78 is 0. The number of benzene rings is 4. The van der Waals surface area contributed by atoms with Crippen LogP contribution in [0.5, 0.6) is 0 Å². The van der Waals surface area contributed by atoms with Crippen LogP contribution in [-0.2, 0) is 15.0 Å². The number of imide groups is 1. The third-order valence-corrected chi connectivity index (χ3v) is 8.85. The van der Waals surface area contributed by atoms with E-state index in [1.165, 1.54) is 30.5 Å². The van der Waals surface area contributed by atoms with Crippen LogP contribution >= 0.6 is 0 Å². The normalized spacial score (nSPS) is 22.6. The molecular weight excluding hydrogens is 584 g/mol. The molecule has 45 heavy (non-hydrogen) atoms. The van der Waals surface area contributed by atoms with Crippen molar-refractivity contribution >= 4 is 46.5 Å². The number of hydrazone groups is 1. The van der Waals surface area contributed by atoms with Gasteiger partial charge in [-0.15, -0.1) is 0 Å². The molecule has 14 nitrogen and oxygen atoms in total. The van der Waals surface area contributed by atoms with Crippen molar-refractivity contribution in [3.63, 3.8) is 0 Å². The molecule has 2 bridgehead atoms. The molecule has 2 amide bonds. The van der Waals surface area contributed by atoms with Gasteiger partial charge in [0.25, 0.3) is 11.4 Å². The molecular formula is C31H20N6O8. The van der Waals surface area contributed by atoms with Crippen molar-refractivity contribution in [1.29, 1.82) is 0 Å². The number of nitro benzene ring substituents is 3. The molecule has 1 heterocycles. The Labute approximate surface area is 253 Å². The number of para-hydroxylation sites is 2. The van der Waals surface area contributed by atoms with Crippen molar-refractivity contribution in [3.8, 4) is 0 Å². The Morgan fingerprint density at radius 3 is 1.96 bits per heavy atom. The van der Waals surface area contributed by atoms with Gasteiger partial charge in [0.2, 0.25) is 11.8 Å². The third kappa shape index (κ3) is 3.78. The number of anilines is 2. The first-order chi connectivity index (χ1) is 21.7. The molecule has 0 radical (unpaired) electrons. The zero-order chi connectivity index (χ0) is 31.6. The lowest BCUT2D eigenvalue weighted by Gasteiger charge is -2.52. The van der Waals surface area contributed by atoms with Gasteiger partial charge in [-0.25, -0.2) is 4.90 Å².